The highest BCUT2D eigenvalue weighted by Gasteiger charge is 1.98. The van der Waals surface area contributed by atoms with E-state index in [1.807, 2.05) is 12.1 Å². The third-order valence-corrected chi connectivity index (χ3v) is 2.37. The molecule has 18 heavy (non-hydrogen) atoms. The molecule has 1 amide bonds. The number of hydrogen-bond acceptors (Lipinski definition) is 3. The van der Waals surface area contributed by atoms with Crippen LogP contribution >= 0.6 is 0 Å². The van der Waals surface area contributed by atoms with E-state index in [2.05, 4.69) is 5.32 Å². The third-order valence-electron chi connectivity index (χ3n) is 2.37. The first kappa shape index (κ1) is 14.2. The van der Waals surface area contributed by atoms with Crippen molar-refractivity contribution in [3.63, 3.8) is 0 Å². The van der Waals surface area contributed by atoms with Crippen LogP contribution in [0.5, 0.6) is 5.75 Å². The third kappa shape index (κ3) is 6.03. The number of rotatable bonds is 7. The number of hydrogen-bond donors (Lipinski definition) is 1. The highest BCUT2D eigenvalue weighted by atomic mass is 16.5. The van der Waals surface area contributed by atoms with Crippen LogP contribution in [0.2, 0.25) is 0 Å². The molecule has 1 aromatic rings. The van der Waals surface area contributed by atoms with E-state index < -0.39 is 0 Å². The van der Waals surface area contributed by atoms with Gasteiger partial charge in [-0.15, -0.1) is 0 Å². The van der Waals surface area contributed by atoms with Crippen LogP contribution in [-0.4, -0.2) is 18.3 Å². The predicted octanol–water partition coefficient (Wildman–Crippen LogP) is 2.78. The van der Waals surface area contributed by atoms with Gasteiger partial charge in [-0.3, -0.25) is 4.79 Å². The number of carbonyl (C=O) groups is 2. The lowest BCUT2D eigenvalue weighted by molar-refractivity contribution is -0.117. The molecule has 0 aliphatic carbocycles. The lowest BCUT2D eigenvalue weighted by Gasteiger charge is -2.07. The number of benzene rings is 1. The molecule has 1 N–H and O–H groups in total. The van der Waals surface area contributed by atoms with E-state index in [0.717, 1.165) is 24.3 Å². The van der Waals surface area contributed by atoms with Crippen LogP contribution < -0.4 is 10.1 Å². The predicted molar refractivity (Wildman–Crippen MR) is 70.8 cm³/mol. The number of Topliss-reactive ketones (excluding diaryl/α,β-unsaturated/α-hetero) is 1. The molecule has 1 rings (SSSR count). The Bertz CT molecular complexity index is 398. The topological polar surface area (TPSA) is 55.4 Å². The number of ether oxygens (including phenoxy) is 1. The van der Waals surface area contributed by atoms with E-state index in [1.165, 1.54) is 6.92 Å². The molecule has 0 heterocycles. The maximum atomic E-state index is 10.8. The van der Waals surface area contributed by atoms with Gasteiger partial charge in [-0.1, -0.05) is 0 Å². The molecule has 98 valence electrons. The van der Waals surface area contributed by atoms with Gasteiger partial charge in [0.25, 0.3) is 0 Å². The highest BCUT2D eigenvalue weighted by molar-refractivity contribution is 5.88. The van der Waals surface area contributed by atoms with Gasteiger partial charge in [0.2, 0.25) is 5.91 Å². The molecule has 0 atom stereocenters. The SMILES string of the molecule is CC(=O)CCCCOc1ccc(NC(C)=O)cc1. The zero-order valence-electron chi connectivity index (χ0n) is 10.9. The second-order valence-corrected chi connectivity index (χ2v) is 4.21. The minimum Gasteiger partial charge on any atom is -0.494 e. The maximum Gasteiger partial charge on any atom is 0.221 e. The number of amides is 1. The lowest BCUT2D eigenvalue weighted by atomic mass is 10.2. The largest absolute Gasteiger partial charge is 0.494 e. The Labute approximate surface area is 107 Å². The first-order valence-electron chi connectivity index (χ1n) is 6.08. The molecular weight excluding hydrogens is 230 g/mol. The summed E-state index contributed by atoms with van der Waals surface area (Å²) >= 11 is 0. The first-order valence-corrected chi connectivity index (χ1v) is 6.08. The van der Waals surface area contributed by atoms with Crippen molar-refractivity contribution < 1.29 is 14.3 Å². The van der Waals surface area contributed by atoms with Crippen molar-refractivity contribution in [2.75, 3.05) is 11.9 Å². The molecule has 0 radical (unpaired) electrons. The summed E-state index contributed by atoms with van der Waals surface area (Å²) in [5.41, 5.74) is 0.756. The summed E-state index contributed by atoms with van der Waals surface area (Å²) in [5, 5.41) is 2.69. The summed E-state index contributed by atoms with van der Waals surface area (Å²) in [4.78, 5) is 21.6. The second-order valence-electron chi connectivity index (χ2n) is 4.21. The molecule has 0 aliphatic rings. The second kappa shape index (κ2) is 7.48. The van der Waals surface area contributed by atoms with Crippen LogP contribution in [0.15, 0.2) is 24.3 Å². The number of carbonyl (C=O) groups excluding carboxylic acids is 2. The summed E-state index contributed by atoms with van der Waals surface area (Å²) in [6, 6.07) is 7.23. The average molecular weight is 249 g/mol. The Hall–Kier alpha value is -1.84. The number of nitrogens with one attached hydrogen (secondary N) is 1. The number of unbranched alkanes of at least 4 members (excludes halogenated alkanes) is 1. The standard InChI is InChI=1S/C14H19NO3/c1-11(16)5-3-4-10-18-14-8-6-13(7-9-14)15-12(2)17/h6-9H,3-5,10H2,1-2H3,(H,15,17). The molecule has 0 saturated carbocycles. The van der Waals surface area contributed by atoms with Crippen molar-refractivity contribution in [1.29, 1.82) is 0 Å². The fourth-order valence-electron chi connectivity index (χ4n) is 1.50. The molecule has 4 heteroatoms. The Morgan fingerprint density at radius 2 is 1.78 bits per heavy atom. The van der Waals surface area contributed by atoms with Crippen molar-refractivity contribution in [3.05, 3.63) is 24.3 Å². The fraction of sp³-hybridized carbons (Fsp3) is 0.429. The molecule has 0 saturated heterocycles. The minimum atomic E-state index is -0.0899. The molecule has 0 unspecified atom stereocenters. The monoisotopic (exact) mass is 249 g/mol. The Balaban J connectivity index is 2.26. The lowest BCUT2D eigenvalue weighted by Crippen LogP contribution is -2.05. The molecule has 0 aromatic heterocycles. The van der Waals surface area contributed by atoms with Gasteiger partial charge >= 0.3 is 0 Å². The Morgan fingerprint density at radius 3 is 2.33 bits per heavy atom. The van der Waals surface area contributed by atoms with E-state index in [9.17, 15) is 9.59 Å². The van der Waals surface area contributed by atoms with Gasteiger partial charge in [-0.05, 0) is 44.0 Å². The zero-order chi connectivity index (χ0) is 13.4. The van der Waals surface area contributed by atoms with E-state index in [1.54, 1.807) is 19.1 Å². The fourth-order valence-corrected chi connectivity index (χ4v) is 1.50. The van der Waals surface area contributed by atoms with Crippen LogP contribution in [0, 0.1) is 0 Å². The molecule has 1 aromatic carbocycles. The molecule has 0 spiro atoms. The van der Waals surface area contributed by atoms with Gasteiger partial charge < -0.3 is 14.8 Å². The van der Waals surface area contributed by atoms with Gasteiger partial charge in [0.05, 0.1) is 6.61 Å². The number of ketones is 1. The van der Waals surface area contributed by atoms with Crippen LogP contribution in [-0.2, 0) is 9.59 Å². The van der Waals surface area contributed by atoms with E-state index in [-0.39, 0.29) is 11.7 Å². The Kier molecular flexibility index (Phi) is 5.91. The summed E-state index contributed by atoms with van der Waals surface area (Å²) in [6.45, 7) is 3.67. The molecule has 4 nitrogen and oxygen atoms in total. The normalized spacial score (nSPS) is 9.89. The van der Waals surface area contributed by atoms with Crippen molar-refractivity contribution in [3.8, 4) is 5.75 Å². The molecule has 0 bridgehead atoms. The van der Waals surface area contributed by atoms with Crippen molar-refractivity contribution >= 4 is 17.4 Å². The van der Waals surface area contributed by atoms with Crippen molar-refractivity contribution in [1.82, 2.24) is 0 Å². The van der Waals surface area contributed by atoms with Crippen molar-refractivity contribution in [2.45, 2.75) is 33.1 Å². The molecule has 0 fully saturated rings. The smallest absolute Gasteiger partial charge is 0.221 e. The van der Waals surface area contributed by atoms with Gasteiger partial charge in [-0.25, -0.2) is 0 Å². The van der Waals surface area contributed by atoms with Crippen LogP contribution in [0.3, 0.4) is 0 Å². The molecular formula is C14H19NO3. The maximum absolute atomic E-state index is 10.8. The van der Waals surface area contributed by atoms with E-state index in [4.69, 9.17) is 4.74 Å². The van der Waals surface area contributed by atoms with Gasteiger partial charge in [0.15, 0.2) is 0 Å². The van der Waals surface area contributed by atoms with Crippen LogP contribution in [0.25, 0.3) is 0 Å². The highest BCUT2D eigenvalue weighted by Crippen LogP contribution is 2.16. The summed E-state index contributed by atoms with van der Waals surface area (Å²) in [6.07, 6.45) is 2.34. The number of anilines is 1. The average Bonchev–Trinajstić information content (AvgIpc) is 2.30. The van der Waals surface area contributed by atoms with Gasteiger partial charge in [0.1, 0.15) is 11.5 Å². The quantitative estimate of drug-likeness (QED) is 0.756. The zero-order valence-corrected chi connectivity index (χ0v) is 10.9. The summed E-state index contributed by atoms with van der Waals surface area (Å²) < 4.78 is 5.52. The van der Waals surface area contributed by atoms with Crippen LogP contribution in [0.1, 0.15) is 33.1 Å². The minimum absolute atomic E-state index is 0.0899. The van der Waals surface area contributed by atoms with E-state index >= 15 is 0 Å². The van der Waals surface area contributed by atoms with E-state index in [0.29, 0.717) is 13.0 Å². The first-order chi connectivity index (χ1) is 8.58. The van der Waals surface area contributed by atoms with Gasteiger partial charge in [-0.2, -0.15) is 0 Å². The van der Waals surface area contributed by atoms with Gasteiger partial charge in [0, 0.05) is 19.0 Å². The Morgan fingerprint density at radius 1 is 1.11 bits per heavy atom. The van der Waals surface area contributed by atoms with Crippen LogP contribution in [0.4, 0.5) is 5.69 Å². The summed E-state index contributed by atoms with van der Waals surface area (Å²) in [5.74, 6) is 0.898. The summed E-state index contributed by atoms with van der Waals surface area (Å²) in [7, 11) is 0. The molecule has 0 aliphatic heterocycles. The van der Waals surface area contributed by atoms with Crippen molar-refractivity contribution in [2.24, 2.45) is 0 Å².